The van der Waals surface area contributed by atoms with Crippen LogP contribution in [0.3, 0.4) is 0 Å². The normalized spacial score (nSPS) is 11.0. The molecule has 2 rings (SSSR count). The number of aromatic nitrogens is 3. The molecule has 1 aromatic carbocycles. The first-order valence-electron chi connectivity index (χ1n) is 6.43. The van der Waals surface area contributed by atoms with Crippen LogP contribution in [-0.4, -0.2) is 26.1 Å². The lowest BCUT2D eigenvalue weighted by atomic mass is 10.1. The third-order valence-electron chi connectivity index (χ3n) is 3.03. The number of hydrogen-bond donors (Lipinski definition) is 2. The lowest BCUT2D eigenvalue weighted by molar-refractivity contribution is 0.0691. The van der Waals surface area contributed by atoms with Crippen LogP contribution in [0.25, 0.3) is 11.3 Å². The van der Waals surface area contributed by atoms with Crippen LogP contribution in [0, 0.1) is 12.8 Å². The Balaban J connectivity index is 2.59. The van der Waals surface area contributed by atoms with Gasteiger partial charge in [-0.1, -0.05) is 31.2 Å². The van der Waals surface area contributed by atoms with E-state index < -0.39 is 5.97 Å². The number of nitrogen functional groups attached to an aromatic ring is 1. The molecule has 0 unspecified atom stereocenters. The summed E-state index contributed by atoms with van der Waals surface area (Å²) in [6.45, 7) is 6.58. The molecule has 0 saturated heterocycles. The molecule has 0 spiro atoms. The number of aromatic carboxylic acids is 1. The molecular formula is C14H18N4O2. The number of carbonyl (C=O) groups is 1. The van der Waals surface area contributed by atoms with Crippen LogP contribution in [0.4, 0.5) is 5.69 Å². The number of anilines is 1. The van der Waals surface area contributed by atoms with E-state index in [1.807, 2.05) is 32.9 Å². The fourth-order valence-electron chi connectivity index (χ4n) is 2.00. The van der Waals surface area contributed by atoms with Crippen LogP contribution < -0.4 is 5.73 Å². The average molecular weight is 274 g/mol. The van der Waals surface area contributed by atoms with E-state index in [-0.39, 0.29) is 5.69 Å². The van der Waals surface area contributed by atoms with Crippen molar-refractivity contribution >= 4 is 11.7 Å². The molecule has 0 radical (unpaired) electrons. The standard InChI is InChI=1S/C14H18N4O2/c1-8(2)7-18-13(12(14(19)20)16-17-18)10-5-4-9(3)11(15)6-10/h4-6,8H,7,15H2,1-3H3,(H,19,20). The molecule has 0 atom stereocenters. The minimum atomic E-state index is -1.09. The Kier molecular flexibility index (Phi) is 3.74. The summed E-state index contributed by atoms with van der Waals surface area (Å²) in [5.41, 5.74) is 8.65. The van der Waals surface area contributed by atoms with Gasteiger partial charge in [-0.2, -0.15) is 0 Å². The monoisotopic (exact) mass is 274 g/mol. The number of carboxylic acid groups (broad SMARTS) is 1. The van der Waals surface area contributed by atoms with E-state index in [9.17, 15) is 9.90 Å². The number of benzene rings is 1. The Hall–Kier alpha value is -2.37. The van der Waals surface area contributed by atoms with Crippen LogP contribution in [0.15, 0.2) is 18.2 Å². The van der Waals surface area contributed by atoms with Crippen molar-refractivity contribution in [3.8, 4) is 11.3 Å². The molecule has 2 aromatic rings. The number of hydrogen-bond acceptors (Lipinski definition) is 4. The lowest BCUT2D eigenvalue weighted by Crippen LogP contribution is -2.09. The molecule has 0 amide bonds. The van der Waals surface area contributed by atoms with Gasteiger partial charge in [0.2, 0.25) is 0 Å². The van der Waals surface area contributed by atoms with E-state index >= 15 is 0 Å². The summed E-state index contributed by atoms with van der Waals surface area (Å²) in [5.74, 6) is -0.756. The Labute approximate surface area is 117 Å². The van der Waals surface area contributed by atoms with E-state index in [2.05, 4.69) is 10.3 Å². The molecule has 0 aliphatic carbocycles. The predicted molar refractivity (Wildman–Crippen MR) is 76.4 cm³/mol. The van der Waals surface area contributed by atoms with Crippen molar-refractivity contribution in [3.63, 3.8) is 0 Å². The second-order valence-corrected chi connectivity index (χ2v) is 5.24. The van der Waals surface area contributed by atoms with Gasteiger partial charge in [0, 0.05) is 17.8 Å². The summed E-state index contributed by atoms with van der Waals surface area (Å²) in [7, 11) is 0. The van der Waals surface area contributed by atoms with Crippen LogP contribution in [0.2, 0.25) is 0 Å². The first kappa shape index (κ1) is 14.0. The molecule has 0 aliphatic heterocycles. The zero-order chi connectivity index (χ0) is 14.9. The number of nitrogens with zero attached hydrogens (tertiary/aromatic N) is 3. The molecule has 6 heteroatoms. The molecule has 1 heterocycles. The molecule has 20 heavy (non-hydrogen) atoms. The number of carboxylic acids is 1. The van der Waals surface area contributed by atoms with Gasteiger partial charge in [0.25, 0.3) is 0 Å². The van der Waals surface area contributed by atoms with Crippen LogP contribution >= 0.6 is 0 Å². The molecule has 0 bridgehead atoms. The average Bonchev–Trinajstić information content (AvgIpc) is 2.75. The Morgan fingerprint density at radius 2 is 2.15 bits per heavy atom. The topological polar surface area (TPSA) is 94.0 Å². The van der Waals surface area contributed by atoms with Crippen molar-refractivity contribution in [1.29, 1.82) is 0 Å². The Morgan fingerprint density at radius 3 is 2.70 bits per heavy atom. The molecule has 106 valence electrons. The molecule has 1 aromatic heterocycles. The highest BCUT2D eigenvalue weighted by atomic mass is 16.4. The van der Waals surface area contributed by atoms with Gasteiger partial charge < -0.3 is 10.8 Å². The van der Waals surface area contributed by atoms with Crippen molar-refractivity contribution < 1.29 is 9.90 Å². The smallest absolute Gasteiger partial charge is 0.358 e. The first-order chi connectivity index (χ1) is 9.40. The molecule has 3 N–H and O–H groups in total. The van der Waals surface area contributed by atoms with Crippen molar-refractivity contribution in [1.82, 2.24) is 15.0 Å². The number of rotatable bonds is 4. The van der Waals surface area contributed by atoms with Crippen molar-refractivity contribution in [3.05, 3.63) is 29.5 Å². The predicted octanol–water partition coefficient (Wildman–Crippen LogP) is 2.19. The summed E-state index contributed by atoms with van der Waals surface area (Å²) in [5, 5.41) is 17.0. The zero-order valence-corrected chi connectivity index (χ0v) is 11.8. The Morgan fingerprint density at radius 1 is 1.45 bits per heavy atom. The van der Waals surface area contributed by atoms with Crippen molar-refractivity contribution in [2.75, 3.05) is 5.73 Å². The van der Waals surface area contributed by atoms with Crippen LogP contribution in [0.5, 0.6) is 0 Å². The van der Waals surface area contributed by atoms with Gasteiger partial charge in [0.05, 0.1) is 0 Å². The van der Waals surface area contributed by atoms with Gasteiger partial charge in [-0.3, -0.25) is 0 Å². The van der Waals surface area contributed by atoms with Gasteiger partial charge in [-0.25, -0.2) is 9.48 Å². The third kappa shape index (κ3) is 2.64. The minimum Gasteiger partial charge on any atom is -0.476 e. The molecule has 0 aliphatic rings. The SMILES string of the molecule is Cc1ccc(-c2c(C(=O)O)nnn2CC(C)C)cc1N. The quantitative estimate of drug-likeness (QED) is 0.833. The van der Waals surface area contributed by atoms with E-state index in [1.165, 1.54) is 0 Å². The van der Waals surface area contributed by atoms with E-state index in [0.29, 0.717) is 23.8 Å². The van der Waals surface area contributed by atoms with E-state index in [1.54, 1.807) is 10.7 Å². The molecule has 0 saturated carbocycles. The minimum absolute atomic E-state index is 0.0473. The Bertz CT molecular complexity index is 647. The molecular weight excluding hydrogens is 256 g/mol. The first-order valence-corrected chi connectivity index (χ1v) is 6.43. The van der Waals surface area contributed by atoms with Gasteiger partial charge in [0.15, 0.2) is 5.69 Å². The van der Waals surface area contributed by atoms with E-state index in [0.717, 1.165) is 11.1 Å². The largest absolute Gasteiger partial charge is 0.476 e. The fourth-order valence-corrected chi connectivity index (χ4v) is 2.00. The highest BCUT2D eigenvalue weighted by Gasteiger charge is 2.21. The van der Waals surface area contributed by atoms with Gasteiger partial charge in [-0.05, 0) is 24.5 Å². The zero-order valence-electron chi connectivity index (χ0n) is 11.8. The lowest BCUT2D eigenvalue weighted by Gasteiger charge is -2.10. The maximum absolute atomic E-state index is 11.3. The van der Waals surface area contributed by atoms with Crippen LogP contribution in [0.1, 0.15) is 29.9 Å². The summed E-state index contributed by atoms with van der Waals surface area (Å²) < 4.78 is 1.62. The van der Waals surface area contributed by atoms with Crippen molar-refractivity contribution in [2.24, 2.45) is 5.92 Å². The maximum Gasteiger partial charge on any atom is 0.358 e. The summed E-state index contributed by atoms with van der Waals surface area (Å²) in [6, 6.07) is 5.47. The fraction of sp³-hybridized carbons (Fsp3) is 0.357. The maximum atomic E-state index is 11.3. The van der Waals surface area contributed by atoms with Gasteiger partial charge in [0.1, 0.15) is 5.69 Å². The number of aryl methyl sites for hydroxylation is 1. The summed E-state index contributed by atoms with van der Waals surface area (Å²) >= 11 is 0. The molecule has 6 nitrogen and oxygen atoms in total. The van der Waals surface area contributed by atoms with Gasteiger partial charge in [-0.15, -0.1) is 5.10 Å². The number of nitrogens with two attached hydrogens (primary N) is 1. The van der Waals surface area contributed by atoms with Crippen molar-refractivity contribution in [2.45, 2.75) is 27.3 Å². The van der Waals surface area contributed by atoms with E-state index in [4.69, 9.17) is 5.73 Å². The summed E-state index contributed by atoms with van der Waals surface area (Å²) in [6.07, 6.45) is 0. The summed E-state index contributed by atoms with van der Waals surface area (Å²) in [4.78, 5) is 11.3. The second-order valence-electron chi connectivity index (χ2n) is 5.24. The third-order valence-corrected chi connectivity index (χ3v) is 3.03. The highest BCUT2D eigenvalue weighted by molar-refractivity contribution is 5.93. The van der Waals surface area contributed by atoms with Gasteiger partial charge >= 0.3 is 5.97 Å². The second kappa shape index (κ2) is 5.32. The van der Waals surface area contributed by atoms with Crippen LogP contribution in [-0.2, 0) is 6.54 Å². The highest BCUT2D eigenvalue weighted by Crippen LogP contribution is 2.26. The molecule has 0 fully saturated rings.